The van der Waals surface area contributed by atoms with Crippen LogP contribution in [0.4, 0.5) is 16.4 Å². The number of hydrogen-bond acceptors (Lipinski definition) is 6. The second-order valence-corrected chi connectivity index (χ2v) is 9.05. The Labute approximate surface area is 195 Å². The maximum atomic E-state index is 12.4. The van der Waals surface area contributed by atoms with Crippen molar-refractivity contribution in [3.63, 3.8) is 0 Å². The molecule has 3 aliphatic rings. The lowest BCUT2D eigenvalue weighted by Crippen LogP contribution is -2.39. The highest BCUT2D eigenvalue weighted by molar-refractivity contribution is 5.89. The lowest BCUT2D eigenvalue weighted by Gasteiger charge is -2.35. The predicted octanol–water partition coefficient (Wildman–Crippen LogP) is 5.22. The van der Waals surface area contributed by atoms with Gasteiger partial charge in [-0.2, -0.15) is 0 Å². The third-order valence-electron chi connectivity index (χ3n) is 6.83. The Kier molecular flexibility index (Phi) is 7.04. The maximum absolute atomic E-state index is 12.4. The van der Waals surface area contributed by atoms with Crippen LogP contribution in [0.5, 0.6) is 5.75 Å². The zero-order valence-corrected chi connectivity index (χ0v) is 19.1. The first kappa shape index (κ1) is 22.6. The lowest BCUT2D eigenvalue weighted by atomic mass is 9.78. The van der Waals surface area contributed by atoms with Gasteiger partial charge >= 0.3 is 6.09 Å². The first-order chi connectivity index (χ1) is 15.2. The first-order valence-corrected chi connectivity index (χ1v) is 11.5. The number of ether oxygens (including phenoxy) is 2. The summed E-state index contributed by atoms with van der Waals surface area (Å²) >= 11 is 0. The lowest BCUT2D eigenvalue weighted by molar-refractivity contribution is 0.0148. The van der Waals surface area contributed by atoms with E-state index in [0.717, 1.165) is 56.6 Å². The van der Waals surface area contributed by atoms with Crippen LogP contribution in [0.3, 0.4) is 0 Å². The fourth-order valence-corrected chi connectivity index (χ4v) is 4.98. The molecule has 0 radical (unpaired) electrons. The number of amides is 1. The number of carbonyl (C=O) groups excluding carboxylic acids is 1. The second kappa shape index (κ2) is 9.94. The molecule has 0 bridgehead atoms. The van der Waals surface area contributed by atoms with Gasteiger partial charge in [0.05, 0.1) is 18.8 Å². The molecule has 1 aliphatic heterocycles. The minimum Gasteiger partial charge on any atom is -0.489 e. The van der Waals surface area contributed by atoms with Crippen molar-refractivity contribution >= 4 is 30.1 Å². The molecule has 1 N–H and O–H groups in total. The van der Waals surface area contributed by atoms with E-state index in [1.165, 1.54) is 12.8 Å². The van der Waals surface area contributed by atoms with Crippen molar-refractivity contribution in [1.29, 1.82) is 0 Å². The molecule has 7 nitrogen and oxygen atoms in total. The first-order valence-electron chi connectivity index (χ1n) is 11.5. The third-order valence-corrected chi connectivity index (χ3v) is 6.83. The average molecular weight is 459 g/mol. The molecule has 32 heavy (non-hydrogen) atoms. The minimum absolute atomic E-state index is 0. The van der Waals surface area contributed by atoms with Crippen LogP contribution in [0.25, 0.3) is 0 Å². The molecule has 1 amide bonds. The van der Waals surface area contributed by atoms with Crippen molar-refractivity contribution in [2.75, 3.05) is 23.3 Å². The molecule has 0 aromatic carbocycles. The Morgan fingerprint density at radius 1 is 1.09 bits per heavy atom. The van der Waals surface area contributed by atoms with Crippen LogP contribution in [0.2, 0.25) is 0 Å². The SMILES string of the molecule is Cl.O=C1O[C@]2(CC[C@H](CNc3ccc(OC4CCCC4)cn3)CC2)CN1c1ccccn1. The number of nitrogens with one attached hydrogen (secondary N) is 1. The van der Waals surface area contributed by atoms with E-state index in [4.69, 9.17) is 9.47 Å². The van der Waals surface area contributed by atoms with Gasteiger partial charge in [0.2, 0.25) is 0 Å². The summed E-state index contributed by atoms with van der Waals surface area (Å²) in [6.07, 6.45) is 12.3. The molecule has 3 heterocycles. The van der Waals surface area contributed by atoms with Gasteiger partial charge in [0.25, 0.3) is 0 Å². The van der Waals surface area contributed by atoms with Gasteiger partial charge in [-0.15, -0.1) is 12.4 Å². The molecular weight excluding hydrogens is 428 g/mol. The smallest absolute Gasteiger partial charge is 0.416 e. The summed E-state index contributed by atoms with van der Waals surface area (Å²) < 4.78 is 11.8. The Bertz CT molecular complexity index is 882. The second-order valence-electron chi connectivity index (χ2n) is 9.05. The topological polar surface area (TPSA) is 76.6 Å². The van der Waals surface area contributed by atoms with Crippen LogP contribution in [0, 0.1) is 5.92 Å². The number of nitrogens with zero attached hydrogens (tertiary/aromatic N) is 3. The molecule has 2 aromatic heterocycles. The van der Waals surface area contributed by atoms with Gasteiger partial charge in [-0.3, -0.25) is 4.90 Å². The van der Waals surface area contributed by atoms with Crippen LogP contribution < -0.4 is 15.0 Å². The molecule has 0 unspecified atom stereocenters. The van der Waals surface area contributed by atoms with Crippen LogP contribution in [0.15, 0.2) is 42.7 Å². The molecule has 1 saturated heterocycles. The Morgan fingerprint density at radius 3 is 2.59 bits per heavy atom. The van der Waals surface area contributed by atoms with E-state index < -0.39 is 0 Å². The highest BCUT2D eigenvalue weighted by Gasteiger charge is 2.47. The Balaban J connectivity index is 0.00000245. The summed E-state index contributed by atoms with van der Waals surface area (Å²) in [6, 6.07) is 9.60. The van der Waals surface area contributed by atoms with Crippen LogP contribution in [-0.2, 0) is 4.74 Å². The molecule has 2 saturated carbocycles. The van der Waals surface area contributed by atoms with E-state index in [9.17, 15) is 4.79 Å². The Morgan fingerprint density at radius 2 is 1.91 bits per heavy atom. The normalized spacial score (nSPS) is 25.4. The van der Waals surface area contributed by atoms with Crippen molar-refractivity contribution in [3.05, 3.63) is 42.7 Å². The fraction of sp³-hybridized carbons (Fsp3) is 0.542. The number of aromatic nitrogens is 2. The molecule has 2 aliphatic carbocycles. The van der Waals surface area contributed by atoms with Crippen molar-refractivity contribution < 1.29 is 14.3 Å². The van der Waals surface area contributed by atoms with E-state index in [2.05, 4.69) is 15.3 Å². The zero-order valence-electron chi connectivity index (χ0n) is 18.2. The van der Waals surface area contributed by atoms with Crippen LogP contribution in [-0.4, -0.2) is 40.9 Å². The number of hydrogen-bond donors (Lipinski definition) is 1. The standard InChI is InChI=1S/C24H30N4O3.ClH/c29-23-28(22-7-3-4-14-25-22)17-24(31-23)12-10-18(11-13-24)15-26-21-9-8-20(16-27-21)30-19-5-1-2-6-19;/h3-4,7-9,14,16,18-19H,1-2,5-6,10-13,15,17H2,(H,26,27);1H/t18-,24-;. The molecule has 0 atom stereocenters. The number of pyridine rings is 2. The molecule has 2 aromatic rings. The van der Waals surface area contributed by atoms with Gasteiger partial charge in [-0.05, 0) is 81.5 Å². The molecule has 172 valence electrons. The molecule has 3 fully saturated rings. The van der Waals surface area contributed by atoms with Gasteiger partial charge in [0, 0.05) is 12.7 Å². The monoisotopic (exact) mass is 458 g/mol. The molecule has 1 spiro atoms. The largest absolute Gasteiger partial charge is 0.489 e. The van der Waals surface area contributed by atoms with Crippen molar-refractivity contribution in [3.8, 4) is 5.75 Å². The van der Waals surface area contributed by atoms with Crippen LogP contribution in [0.1, 0.15) is 51.4 Å². The summed E-state index contributed by atoms with van der Waals surface area (Å²) in [5, 5.41) is 3.46. The molecule has 5 rings (SSSR count). The summed E-state index contributed by atoms with van der Waals surface area (Å²) in [5.41, 5.74) is -0.372. The summed E-state index contributed by atoms with van der Waals surface area (Å²) in [6.45, 7) is 1.47. The van der Waals surface area contributed by atoms with Gasteiger partial charge in [-0.1, -0.05) is 6.07 Å². The van der Waals surface area contributed by atoms with Crippen molar-refractivity contribution in [2.45, 2.75) is 63.1 Å². The van der Waals surface area contributed by atoms with Gasteiger partial charge < -0.3 is 14.8 Å². The van der Waals surface area contributed by atoms with E-state index in [0.29, 0.717) is 24.4 Å². The zero-order chi connectivity index (χ0) is 21.1. The number of halogens is 1. The Hall–Kier alpha value is -2.54. The minimum atomic E-state index is -0.372. The molecule has 8 heteroatoms. The van der Waals surface area contributed by atoms with E-state index in [-0.39, 0.29) is 24.1 Å². The summed E-state index contributed by atoms with van der Waals surface area (Å²) in [5.74, 6) is 2.95. The third kappa shape index (κ3) is 5.09. The highest BCUT2D eigenvalue weighted by atomic mass is 35.5. The highest BCUT2D eigenvalue weighted by Crippen LogP contribution is 2.40. The van der Waals surface area contributed by atoms with Crippen molar-refractivity contribution in [2.24, 2.45) is 5.92 Å². The van der Waals surface area contributed by atoms with E-state index in [1.807, 2.05) is 36.5 Å². The van der Waals surface area contributed by atoms with Gasteiger partial charge in [0.1, 0.15) is 23.0 Å². The maximum Gasteiger partial charge on any atom is 0.416 e. The number of anilines is 2. The average Bonchev–Trinajstić information content (AvgIpc) is 3.43. The van der Waals surface area contributed by atoms with E-state index in [1.54, 1.807) is 11.1 Å². The van der Waals surface area contributed by atoms with Gasteiger partial charge in [-0.25, -0.2) is 14.8 Å². The van der Waals surface area contributed by atoms with Crippen LogP contribution >= 0.6 is 12.4 Å². The summed E-state index contributed by atoms with van der Waals surface area (Å²) in [7, 11) is 0. The quantitative estimate of drug-likeness (QED) is 0.639. The number of rotatable bonds is 6. The summed E-state index contributed by atoms with van der Waals surface area (Å²) in [4.78, 5) is 22.9. The molecular formula is C24H31ClN4O3. The van der Waals surface area contributed by atoms with Gasteiger partial charge in [0.15, 0.2) is 0 Å². The predicted molar refractivity (Wildman–Crippen MR) is 126 cm³/mol. The number of carbonyl (C=O) groups is 1. The van der Waals surface area contributed by atoms with Crippen molar-refractivity contribution in [1.82, 2.24) is 9.97 Å². The fourth-order valence-electron chi connectivity index (χ4n) is 4.98. The van der Waals surface area contributed by atoms with E-state index >= 15 is 0 Å².